The Morgan fingerprint density at radius 3 is 2.52 bits per heavy atom. The van der Waals surface area contributed by atoms with Crippen molar-refractivity contribution in [3.05, 3.63) is 57.8 Å². The van der Waals surface area contributed by atoms with E-state index >= 15 is 0 Å². The second-order valence-electron chi connectivity index (χ2n) is 8.85. The van der Waals surface area contributed by atoms with Crippen LogP contribution in [0.1, 0.15) is 58.7 Å². The number of benzene rings is 1. The molecule has 0 bridgehead atoms. The van der Waals surface area contributed by atoms with Crippen molar-refractivity contribution in [2.75, 3.05) is 19.7 Å². The standard InChI is InChI=1S/C25H31N3O4S/c1-4-18(3)26-22(29)20-16-32-25(28(20)23(30)19-9-6-5-8-17(19)2)11-13-27(14-12-25)24(31)21-10-7-15-33-21/h5-10,15,18,20H,4,11-14,16H2,1-3H3,(H,26,29)/t18-,20-/m1/s1. The molecule has 8 heteroatoms. The number of rotatable bonds is 5. The van der Waals surface area contributed by atoms with Gasteiger partial charge in [-0.25, -0.2) is 0 Å². The summed E-state index contributed by atoms with van der Waals surface area (Å²) < 4.78 is 6.25. The Morgan fingerprint density at radius 1 is 1.15 bits per heavy atom. The maximum Gasteiger partial charge on any atom is 0.263 e. The molecule has 2 atom stereocenters. The Bertz CT molecular complexity index is 1010. The van der Waals surface area contributed by atoms with Gasteiger partial charge in [0.25, 0.3) is 11.8 Å². The van der Waals surface area contributed by atoms with E-state index in [-0.39, 0.29) is 30.4 Å². The largest absolute Gasteiger partial charge is 0.353 e. The number of amides is 3. The summed E-state index contributed by atoms with van der Waals surface area (Å²) >= 11 is 1.42. The van der Waals surface area contributed by atoms with E-state index in [4.69, 9.17) is 4.74 Å². The monoisotopic (exact) mass is 469 g/mol. The number of aryl methyl sites for hydroxylation is 1. The SMILES string of the molecule is CC[C@@H](C)NC(=O)[C@H]1COC2(CCN(C(=O)c3cccs3)CC2)N1C(=O)c1ccccc1C. The Balaban J connectivity index is 1.60. The maximum absolute atomic E-state index is 13.8. The summed E-state index contributed by atoms with van der Waals surface area (Å²) in [5, 5.41) is 4.90. The van der Waals surface area contributed by atoms with Crippen LogP contribution in [0.25, 0.3) is 0 Å². The van der Waals surface area contributed by atoms with Gasteiger partial charge in [0.05, 0.1) is 11.5 Å². The van der Waals surface area contributed by atoms with Gasteiger partial charge in [0.1, 0.15) is 11.8 Å². The highest BCUT2D eigenvalue weighted by atomic mass is 32.1. The minimum Gasteiger partial charge on any atom is -0.353 e. The highest BCUT2D eigenvalue weighted by molar-refractivity contribution is 7.12. The Labute approximate surface area is 198 Å². The number of carbonyl (C=O) groups is 3. The second-order valence-corrected chi connectivity index (χ2v) is 9.80. The quantitative estimate of drug-likeness (QED) is 0.728. The number of ether oxygens (including phenoxy) is 1. The zero-order chi connectivity index (χ0) is 23.6. The van der Waals surface area contributed by atoms with Crippen LogP contribution < -0.4 is 5.32 Å². The van der Waals surface area contributed by atoms with E-state index < -0.39 is 11.8 Å². The van der Waals surface area contributed by atoms with E-state index in [0.717, 1.165) is 12.0 Å². The number of hydrogen-bond donors (Lipinski definition) is 1. The van der Waals surface area contributed by atoms with Crippen molar-refractivity contribution in [3.8, 4) is 0 Å². The van der Waals surface area contributed by atoms with Gasteiger partial charge in [-0.1, -0.05) is 31.2 Å². The zero-order valence-corrected chi connectivity index (χ0v) is 20.2. The van der Waals surface area contributed by atoms with E-state index in [1.807, 2.05) is 61.4 Å². The van der Waals surface area contributed by atoms with Crippen LogP contribution >= 0.6 is 11.3 Å². The lowest BCUT2D eigenvalue weighted by molar-refractivity contribution is -0.128. The molecule has 33 heavy (non-hydrogen) atoms. The fraction of sp³-hybridized carbons (Fsp3) is 0.480. The van der Waals surface area contributed by atoms with Crippen molar-refractivity contribution in [1.29, 1.82) is 0 Å². The molecule has 2 fully saturated rings. The number of piperidine rings is 1. The Morgan fingerprint density at radius 2 is 1.88 bits per heavy atom. The molecule has 1 N–H and O–H groups in total. The smallest absolute Gasteiger partial charge is 0.263 e. The molecule has 7 nitrogen and oxygen atoms in total. The normalized spacial score (nSPS) is 20.6. The highest BCUT2D eigenvalue weighted by Crippen LogP contribution is 2.39. The van der Waals surface area contributed by atoms with Gasteiger partial charge in [0, 0.05) is 37.5 Å². The molecule has 0 aliphatic carbocycles. The summed E-state index contributed by atoms with van der Waals surface area (Å²) in [6.45, 7) is 6.94. The summed E-state index contributed by atoms with van der Waals surface area (Å²) in [6, 6.07) is 10.4. The van der Waals surface area contributed by atoms with Crippen molar-refractivity contribution in [1.82, 2.24) is 15.1 Å². The minimum absolute atomic E-state index is 0.000640. The van der Waals surface area contributed by atoms with Crippen molar-refractivity contribution >= 4 is 29.1 Å². The topological polar surface area (TPSA) is 79.0 Å². The Kier molecular flexibility index (Phi) is 6.86. The van der Waals surface area contributed by atoms with E-state index in [9.17, 15) is 14.4 Å². The molecule has 3 heterocycles. The third kappa shape index (κ3) is 4.54. The lowest BCUT2D eigenvalue weighted by Crippen LogP contribution is -2.60. The van der Waals surface area contributed by atoms with Crippen LogP contribution in [-0.4, -0.2) is 65.0 Å². The van der Waals surface area contributed by atoms with Gasteiger partial charge < -0.3 is 15.0 Å². The fourth-order valence-corrected chi connectivity index (χ4v) is 5.26. The molecule has 1 aromatic carbocycles. The zero-order valence-electron chi connectivity index (χ0n) is 19.4. The summed E-state index contributed by atoms with van der Waals surface area (Å²) in [5.74, 6) is -0.395. The molecule has 2 aliphatic heterocycles. The molecule has 2 aromatic rings. The first-order valence-corrected chi connectivity index (χ1v) is 12.4. The van der Waals surface area contributed by atoms with Crippen LogP contribution in [0.5, 0.6) is 0 Å². The molecule has 0 unspecified atom stereocenters. The number of thiophene rings is 1. The van der Waals surface area contributed by atoms with Crippen LogP contribution in [0.4, 0.5) is 0 Å². The van der Waals surface area contributed by atoms with Gasteiger partial charge in [-0.3, -0.25) is 19.3 Å². The fourth-order valence-electron chi connectivity index (χ4n) is 4.57. The summed E-state index contributed by atoms with van der Waals surface area (Å²) in [4.78, 5) is 43.9. The van der Waals surface area contributed by atoms with Crippen LogP contribution in [-0.2, 0) is 9.53 Å². The van der Waals surface area contributed by atoms with Gasteiger partial charge in [0.2, 0.25) is 5.91 Å². The number of carbonyl (C=O) groups excluding carboxylic acids is 3. The molecule has 0 saturated carbocycles. The first-order valence-electron chi connectivity index (χ1n) is 11.5. The van der Waals surface area contributed by atoms with Gasteiger partial charge in [-0.2, -0.15) is 0 Å². The highest BCUT2D eigenvalue weighted by Gasteiger charge is 2.54. The Hall–Kier alpha value is -2.71. The maximum atomic E-state index is 13.8. The van der Waals surface area contributed by atoms with Crippen LogP contribution in [0, 0.1) is 6.92 Å². The number of likely N-dealkylation sites (tertiary alicyclic amines) is 1. The lowest BCUT2D eigenvalue weighted by atomic mass is 9.95. The van der Waals surface area contributed by atoms with Gasteiger partial charge in [0.15, 0.2) is 0 Å². The van der Waals surface area contributed by atoms with Crippen molar-refractivity contribution in [2.45, 2.75) is 57.8 Å². The molecular formula is C25H31N3O4S. The van der Waals surface area contributed by atoms with Gasteiger partial charge in [-0.05, 0) is 43.3 Å². The summed E-state index contributed by atoms with van der Waals surface area (Å²) in [5.41, 5.74) is 0.528. The molecule has 2 saturated heterocycles. The molecule has 1 aromatic heterocycles. The molecule has 2 aliphatic rings. The van der Waals surface area contributed by atoms with E-state index in [1.165, 1.54) is 11.3 Å². The summed E-state index contributed by atoms with van der Waals surface area (Å²) in [6.07, 6.45) is 1.74. The number of nitrogens with one attached hydrogen (secondary N) is 1. The van der Waals surface area contributed by atoms with Crippen LogP contribution in [0.2, 0.25) is 0 Å². The van der Waals surface area contributed by atoms with Crippen LogP contribution in [0.15, 0.2) is 41.8 Å². The molecule has 3 amide bonds. The number of hydrogen-bond acceptors (Lipinski definition) is 5. The summed E-state index contributed by atoms with van der Waals surface area (Å²) in [7, 11) is 0. The molecule has 4 rings (SSSR count). The lowest BCUT2D eigenvalue weighted by Gasteiger charge is -2.44. The van der Waals surface area contributed by atoms with E-state index in [0.29, 0.717) is 36.4 Å². The molecule has 0 radical (unpaired) electrons. The van der Waals surface area contributed by atoms with E-state index in [2.05, 4.69) is 5.32 Å². The van der Waals surface area contributed by atoms with Crippen molar-refractivity contribution in [2.24, 2.45) is 0 Å². The number of nitrogens with zero attached hydrogens (tertiary/aromatic N) is 2. The van der Waals surface area contributed by atoms with E-state index in [1.54, 1.807) is 11.0 Å². The average Bonchev–Trinajstić information content (AvgIpc) is 3.48. The molecular weight excluding hydrogens is 438 g/mol. The third-order valence-corrected chi connectivity index (χ3v) is 7.58. The van der Waals surface area contributed by atoms with Crippen molar-refractivity contribution < 1.29 is 19.1 Å². The predicted molar refractivity (Wildman–Crippen MR) is 127 cm³/mol. The second kappa shape index (κ2) is 9.65. The molecule has 1 spiro atoms. The van der Waals surface area contributed by atoms with Crippen LogP contribution in [0.3, 0.4) is 0 Å². The van der Waals surface area contributed by atoms with Gasteiger partial charge in [-0.15, -0.1) is 11.3 Å². The minimum atomic E-state index is -0.900. The average molecular weight is 470 g/mol. The predicted octanol–water partition coefficient (Wildman–Crippen LogP) is 3.44. The first kappa shape index (κ1) is 23.4. The molecule has 176 valence electrons. The third-order valence-electron chi connectivity index (χ3n) is 6.72. The van der Waals surface area contributed by atoms with Crippen molar-refractivity contribution in [3.63, 3.8) is 0 Å². The van der Waals surface area contributed by atoms with Gasteiger partial charge >= 0.3 is 0 Å². The first-order chi connectivity index (χ1) is 15.9.